The number of anilines is 2. The number of furan rings is 1. The standard InChI is InChI=1S/C21H17Cl2N5O3S/c22-12-5-3-6-13(16(12)23)24-15(29)11-28-19-18(26-21(32-19)27-8-1-2-9-27)17(25-20(28)30)14-7-4-10-31-14/h3-7,10H,1-2,8-9,11H2,(H,24,29). The Morgan fingerprint density at radius 2 is 1.97 bits per heavy atom. The van der Waals surface area contributed by atoms with Crippen molar-refractivity contribution in [2.45, 2.75) is 19.4 Å². The number of fused-ring (bicyclic) bond motifs is 1. The number of aromatic nitrogens is 3. The van der Waals surface area contributed by atoms with Gasteiger partial charge < -0.3 is 14.6 Å². The van der Waals surface area contributed by atoms with Gasteiger partial charge in [0, 0.05) is 13.1 Å². The lowest BCUT2D eigenvalue weighted by Gasteiger charge is -2.11. The second-order valence-corrected chi connectivity index (χ2v) is 9.04. The van der Waals surface area contributed by atoms with E-state index in [1.165, 1.54) is 22.2 Å². The van der Waals surface area contributed by atoms with Crippen molar-refractivity contribution in [1.29, 1.82) is 0 Å². The Kier molecular flexibility index (Phi) is 5.62. The molecule has 0 aliphatic carbocycles. The Hall–Kier alpha value is -2.88. The first-order valence-electron chi connectivity index (χ1n) is 9.95. The average Bonchev–Trinajstić information content (AvgIpc) is 3.54. The van der Waals surface area contributed by atoms with Gasteiger partial charge in [0.2, 0.25) is 5.91 Å². The maximum Gasteiger partial charge on any atom is 0.349 e. The maximum atomic E-state index is 12.9. The van der Waals surface area contributed by atoms with E-state index in [1.54, 1.807) is 30.3 Å². The summed E-state index contributed by atoms with van der Waals surface area (Å²) < 4.78 is 6.80. The van der Waals surface area contributed by atoms with E-state index in [2.05, 4.69) is 15.2 Å². The van der Waals surface area contributed by atoms with Crippen molar-refractivity contribution in [3.8, 4) is 11.5 Å². The highest BCUT2D eigenvalue weighted by Gasteiger charge is 2.23. The molecule has 1 aromatic carbocycles. The molecular formula is C21H17Cl2N5O3S. The lowest BCUT2D eigenvalue weighted by atomic mass is 10.3. The molecule has 1 aliphatic rings. The highest BCUT2D eigenvalue weighted by molar-refractivity contribution is 7.22. The molecule has 1 aliphatic heterocycles. The van der Waals surface area contributed by atoms with E-state index in [-0.39, 0.29) is 11.6 Å². The third-order valence-corrected chi connectivity index (χ3v) is 7.12. The van der Waals surface area contributed by atoms with Crippen molar-refractivity contribution in [2.24, 2.45) is 0 Å². The van der Waals surface area contributed by atoms with Crippen LogP contribution in [0, 0.1) is 0 Å². The zero-order valence-electron chi connectivity index (χ0n) is 16.7. The number of thiazole rings is 1. The van der Waals surface area contributed by atoms with Gasteiger partial charge in [-0.1, -0.05) is 40.6 Å². The van der Waals surface area contributed by atoms with E-state index < -0.39 is 11.6 Å². The number of rotatable bonds is 5. The monoisotopic (exact) mass is 489 g/mol. The van der Waals surface area contributed by atoms with Crippen LogP contribution in [0.2, 0.25) is 10.0 Å². The summed E-state index contributed by atoms with van der Waals surface area (Å²) in [5.74, 6) is 0.0221. The van der Waals surface area contributed by atoms with Gasteiger partial charge in [-0.25, -0.2) is 9.78 Å². The minimum atomic E-state index is -0.562. The van der Waals surface area contributed by atoms with Crippen LogP contribution in [0.25, 0.3) is 21.8 Å². The minimum Gasteiger partial charge on any atom is -0.463 e. The topological polar surface area (TPSA) is 93.3 Å². The molecule has 0 atom stereocenters. The highest BCUT2D eigenvalue weighted by atomic mass is 35.5. The van der Waals surface area contributed by atoms with Crippen molar-refractivity contribution in [3.63, 3.8) is 0 Å². The molecule has 4 aromatic rings. The van der Waals surface area contributed by atoms with Gasteiger partial charge in [0.15, 0.2) is 10.9 Å². The molecule has 1 saturated heterocycles. The summed E-state index contributed by atoms with van der Waals surface area (Å²) in [5.41, 5.74) is 0.704. The molecule has 1 N–H and O–H groups in total. The zero-order valence-corrected chi connectivity index (χ0v) is 19.0. The van der Waals surface area contributed by atoms with Crippen molar-refractivity contribution in [2.75, 3.05) is 23.3 Å². The van der Waals surface area contributed by atoms with Crippen LogP contribution >= 0.6 is 34.5 Å². The third-order valence-electron chi connectivity index (χ3n) is 5.16. The summed E-state index contributed by atoms with van der Waals surface area (Å²) in [4.78, 5) is 37.4. The molecule has 0 unspecified atom stereocenters. The quantitative estimate of drug-likeness (QED) is 0.438. The van der Waals surface area contributed by atoms with Crippen LogP contribution in [0.3, 0.4) is 0 Å². The van der Waals surface area contributed by atoms with Crippen LogP contribution in [0.15, 0.2) is 45.8 Å². The van der Waals surface area contributed by atoms with Crippen LogP contribution in [0.1, 0.15) is 12.8 Å². The molecule has 8 nitrogen and oxygen atoms in total. The number of carbonyl (C=O) groups excluding carboxylic acids is 1. The summed E-state index contributed by atoms with van der Waals surface area (Å²) in [6.45, 7) is 1.56. The van der Waals surface area contributed by atoms with Gasteiger partial charge in [-0.15, -0.1) is 0 Å². The molecule has 164 valence electrons. The maximum absolute atomic E-state index is 12.9. The summed E-state index contributed by atoms with van der Waals surface area (Å²) in [6, 6.07) is 8.40. The SMILES string of the molecule is O=C(Cn1c(=O)nc(-c2ccco2)c2nc(N3CCCC3)sc21)Nc1cccc(Cl)c1Cl. The van der Waals surface area contributed by atoms with Crippen LogP contribution in [-0.4, -0.2) is 33.5 Å². The van der Waals surface area contributed by atoms with E-state index in [9.17, 15) is 9.59 Å². The molecule has 1 amide bonds. The fourth-order valence-corrected chi connectivity index (χ4v) is 5.10. The predicted molar refractivity (Wildman–Crippen MR) is 126 cm³/mol. The number of nitrogens with one attached hydrogen (secondary N) is 1. The first-order chi connectivity index (χ1) is 15.5. The fraction of sp³-hybridized carbons (Fsp3) is 0.238. The second-order valence-electron chi connectivity index (χ2n) is 7.30. The predicted octanol–water partition coefficient (Wildman–Crippen LogP) is 4.66. The van der Waals surface area contributed by atoms with Crippen molar-refractivity contribution < 1.29 is 9.21 Å². The number of amides is 1. The number of halogens is 2. The van der Waals surface area contributed by atoms with Crippen molar-refractivity contribution in [1.82, 2.24) is 14.5 Å². The molecule has 5 rings (SSSR count). The van der Waals surface area contributed by atoms with Crippen molar-refractivity contribution >= 4 is 61.6 Å². The average molecular weight is 490 g/mol. The Bertz CT molecular complexity index is 1360. The number of nitrogens with zero attached hydrogens (tertiary/aromatic N) is 4. The minimum absolute atomic E-state index is 0.236. The first kappa shape index (κ1) is 21.0. The van der Waals surface area contributed by atoms with Crippen LogP contribution in [0.4, 0.5) is 10.8 Å². The Morgan fingerprint density at radius 1 is 1.16 bits per heavy atom. The summed E-state index contributed by atoms with van der Waals surface area (Å²) in [6.07, 6.45) is 3.70. The molecule has 4 heterocycles. The second kappa shape index (κ2) is 8.57. The van der Waals surface area contributed by atoms with Gasteiger partial charge in [0.1, 0.15) is 22.6 Å². The molecule has 0 bridgehead atoms. The fourth-order valence-electron chi connectivity index (χ4n) is 3.64. The normalized spacial score (nSPS) is 13.8. The number of carbonyl (C=O) groups is 1. The number of hydrogen-bond acceptors (Lipinski definition) is 7. The summed E-state index contributed by atoms with van der Waals surface area (Å²) >= 11 is 13.6. The molecule has 0 saturated carbocycles. The van der Waals surface area contributed by atoms with Gasteiger partial charge >= 0.3 is 5.69 Å². The van der Waals surface area contributed by atoms with Gasteiger partial charge in [-0.2, -0.15) is 4.98 Å². The van der Waals surface area contributed by atoms with Crippen LogP contribution < -0.4 is 15.9 Å². The van der Waals surface area contributed by atoms with Crippen LogP contribution in [0.5, 0.6) is 0 Å². The highest BCUT2D eigenvalue weighted by Crippen LogP contribution is 2.35. The largest absolute Gasteiger partial charge is 0.463 e. The molecule has 11 heteroatoms. The first-order valence-corrected chi connectivity index (χ1v) is 11.5. The zero-order chi connectivity index (χ0) is 22.2. The lowest BCUT2D eigenvalue weighted by Crippen LogP contribution is -2.29. The number of hydrogen-bond donors (Lipinski definition) is 1. The van der Waals surface area contributed by atoms with Gasteiger partial charge in [0.05, 0.1) is 22.0 Å². The molecule has 32 heavy (non-hydrogen) atoms. The van der Waals surface area contributed by atoms with E-state index in [0.29, 0.717) is 32.5 Å². The molecule has 0 spiro atoms. The van der Waals surface area contributed by atoms with E-state index in [4.69, 9.17) is 32.6 Å². The summed E-state index contributed by atoms with van der Waals surface area (Å²) in [7, 11) is 0. The Labute approximate surface area is 196 Å². The van der Waals surface area contributed by atoms with Crippen LogP contribution in [-0.2, 0) is 11.3 Å². The lowest BCUT2D eigenvalue weighted by molar-refractivity contribution is -0.116. The smallest absolute Gasteiger partial charge is 0.349 e. The third kappa shape index (κ3) is 3.87. The molecule has 1 fully saturated rings. The van der Waals surface area contributed by atoms with E-state index in [0.717, 1.165) is 31.1 Å². The van der Waals surface area contributed by atoms with Gasteiger partial charge in [-0.3, -0.25) is 9.36 Å². The Balaban J connectivity index is 1.55. The van der Waals surface area contributed by atoms with E-state index >= 15 is 0 Å². The molecule has 3 aromatic heterocycles. The van der Waals surface area contributed by atoms with Crippen molar-refractivity contribution in [3.05, 3.63) is 57.1 Å². The Morgan fingerprint density at radius 3 is 2.72 bits per heavy atom. The van der Waals surface area contributed by atoms with Gasteiger partial charge in [-0.05, 0) is 37.1 Å². The van der Waals surface area contributed by atoms with E-state index in [1.807, 2.05) is 0 Å². The molecular weight excluding hydrogens is 473 g/mol. The molecule has 0 radical (unpaired) electrons. The van der Waals surface area contributed by atoms with Gasteiger partial charge in [0.25, 0.3) is 0 Å². The number of benzene rings is 1. The summed E-state index contributed by atoms with van der Waals surface area (Å²) in [5, 5.41) is 4.07.